The molecule has 6 nitrogen and oxygen atoms in total. The highest BCUT2D eigenvalue weighted by Gasteiger charge is 2.45. The summed E-state index contributed by atoms with van der Waals surface area (Å²) in [6.45, 7) is 6.62. The van der Waals surface area contributed by atoms with Gasteiger partial charge in [0.1, 0.15) is 11.9 Å². The predicted octanol–water partition coefficient (Wildman–Crippen LogP) is 2.95. The summed E-state index contributed by atoms with van der Waals surface area (Å²) in [6, 6.07) is 13.8. The molecule has 2 N–H and O–H groups in total. The molecule has 152 valence electrons. The predicted molar refractivity (Wildman–Crippen MR) is 112 cm³/mol. The van der Waals surface area contributed by atoms with Crippen molar-refractivity contribution in [2.75, 3.05) is 18.0 Å². The Morgan fingerprint density at radius 2 is 2.10 bits per heavy atom. The van der Waals surface area contributed by atoms with E-state index in [0.29, 0.717) is 30.8 Å². The molecule has 2 heterocycles. The first-order valence-corrected chi connectivity index (χ1v) is 10.1. The Hall–Kier alpha value is -2.91. The summed E-state index contributed by atoms with van der Waals surface area (Å²) in [7, 11) is 0. The number of amides is 1. The van der Waals surface area contributed by atoms with Crippen molar-refractivity contribution in [3.8, 4) is 6.07 Å². The van der Waals surface area contributed by atoms with E-state index < -0.39 is 11.6 Å². The molecule has 0 radical (unpaired) electrons. The summed E-state index contributed by atoms with van der Waals surface area (Å²) in [5.74, 6) is 0.539. The molecule has 1 aliphatic rings. The van der Waals surface area contributed by atoms with Gasteiger partial charge in [-0.15, -0.1) is 0 Å². The van der Waals surface area contributed by atoms with Crippen LogP contribution in [-0.4, -0.2) is 35.2 Å². The molecule has 2 aromatic rings. The maximum Gasteiger partial charge on any atom is 0.220 e. The molecule has 0 bridgehead atoms. The third-order valence-electron chi connectivity index (χ3n) is 5.60. The van der Waals surface area contributed by atoms with Crippen LogP contribution < -0.4 is 10.2 Å². The number of aromatic nitrogens is 1. The lowest BCUT2D eigenvalue weighted by Gasteiger charge is -2.47. The second kappa shape index (κ2) is 8.62. The molecule has 1 amide bonds. The van der Waals surface area contributed by atoms with Gasteiger partial charge in [-0.25, -0.2) is 4.98 Å². The molecule has 1 aliphatic heterocycles. The van der Waals surface area contributed by atoms with E-state index in [4.69, 9.17) is 0 Å². The molecular weight excluding hydrogens is 364 g/mol. The smallest absolute Gasteiger partial charge is 0.220 e. The number of rotatable bonds is 5. The van der Waals surface area contributed by atoms with Crippen LogP contribution in [0.25, 0.3) is 0 Å². The van der Waals surface area contributed by atoms with E-state index in [2.05, 4.69) is 16.4 Å². The molecule has 0 spiro atoms. The van der Waals surface area contributed by atoms with E-state index in [1.807, 2.05) is 62.1 Å². The lowest BCUT2D eigenvalue weighted by Crippen LogP contribution is -2.62. The van der Waals surface area contributed by atoms with E-state index in [1.165, 1.54) is 0 Å². The molecule has 0 unspecified atom stereocenters. The average Bonchev–Trinajstić information content (AvgIpc) is 2.70. The quantitative estimate of drug-likeness (QED) is 0.817. The zero-order valence-corrected chi connectivity index (χ0v) is 17.3. The SMILES string of the molecule is CCCC(=O)N[C@]1(c2ccccc2)CCN(c2nc(C)cc(C)c2C#N)C[C@H]1O. The van der Waals surface area contributed by atoms with Gasteiger partial charge in [0.25, 0.3) is 0 Å². The molecule has 6 heteroatoms. The van der Waals surface area contributed by atoms with Gasteiger partial charge in [0.2, 0.25) is 5.91 Å². The van der Waals surface area contributed by atoms with Gasteiger partial charge in [0.05, 0.1) is 17.2 Å². The molecule has 2 atom stereocenters. The van der Waals surface area contributed by atoms with Crippen molar-refractivity contribution in [3.63, 3.8) is 0 Å². The van der Waals surface area contributed by atoms with Crippen LogP contribution in [0.1, 0.15) is 48.6 Å². The Morgan fingerprint density at radius 3 is 2.72 bits per heavy atom. The van der Waals surface area contributed by atoms with Gasteiger partial charge >= 0.3 is 0 Å². The number of benzene rings is 1. The molecule has 1 aromatic carbocycles. The normalized spacial score (nSPS) is 21.5. The van der Waals surface area contributed by atoms with E-state index in [1.54, 1.807) is 0 Å². The van der Waals surface area contributed by atoms with Crippen LogP contribution in [0.4, 0.5) is 5.82 Å². The second-order valence-electron chi connectivity index (χ2n) is 7.74. The topological polar surface area (TPSA) is 89.3 Å². The zero-order valence-electron chi connectivity index (χ0n) is 17.3. The number of nitriles is 1. The summed E-state index contributed by atoms with van der Waals surface area (Å²) in [4.78, 5) is 19.0. The van der Waals surface area contributed by atoms with Crippen LogP contribution >= 0.6 is 0 Å². The second-order valence-corrected chi connectivity index (χ2v) is 7.74. The Morgan fingerprint density at radius 1 is 1.38 bits per heavy atom. The number of carbonyl (C=O) groups is 1. The zero-order chi connectivity index (χ0) is 21.0. The van der Waals surface area contributed by atoms with Gasteiger partial charge in [-0.3, -0.25) is 4.79 Å². The number of nitrogens with one attached hydrogen (secondary N) is 1. The molecule has 0 saturated carbocycles. The first-order valence-electron chi connectivity index (χ1n) is 10.1. The van der Waals surface area contributed by atoms with Crippen LogP contribution in [0.2, 0.25) is 0 Å². The fourth-order valence-corrected chi connectivity index (χ4v) is 4.14. The number of aryl methyl sites for hydroxylation is 2. The van der Waals surface area contributed by atoms with Crippen molar-refractivity contribution < 1.29 is 9.90 Å². The lowest BCUT2D eigenvalue weighted by molar-refractivity contribution is -0.125. The fraction of sp³-hybridized carbons (Fsp3) is 0.435. The van der Waals surface area contributed by atoms with Crippen molar-refractivity contribution in [2.24, 2.45) is 0 Å². The number of pyridine rings is 1. The maximum absolute atomic E-state index is 12.5. The minimum atomic E-state index is -0.851. The number of aliphatic hydroxyl groups excluding tert-OH is 1. The number of aliphatic hydroxyl groups is 1. The van der Waals surface area contributed by atoms with E-state index >= 15 is 0 Å². The van der Waals surface area contributed by atoms with Crippen LogP contribution in [0.5, 0.6) is 0 Å². The molecular formula is C23H28N4O2. The Bertz CT molecular complexity index is 922. The number of anilines is 1. The van der Waals surface area contributed by atoms with Crippen molar-refractivity contribution in [1.29, 1.82) is 5.26 Å². The molecule has 1 aromatic heterocycles. The van der Waals surface area contributed by atoms with Gasteiger partial charge in [-0.1, -0.05) is 37.3 Å². The van der Waals surface area contributed by atoms with Crippen molar-refractivity contribution >= 4 is 11.7 Å². The Kier molecular flexibility index (Phi) is 6.19. The molecule has 0 aliphatic carbocycles. The van der Waals surface area contributed by atoms with Crippen molar-refractivity contribution in [1.82, 2.24) is 10.3 Å². The van der Waals surface area contributed by atoms with Crippen LogP contribution in [0.3, 0.4) is 0 Å². The minimum Gasteiger partial charge on any atom is -0.388 e. The standard InChI is InChI=1S/C23H28N4O2/c1-4-8-21(29)26-23(18-9-6-5-7-10-18)11-12-27(15-20(23)28)22-19(14-24)16(2)13-17(3)25-22/h5-7,9-10,13,20,28H,4,8,11-12,15H2,1-3H3,(H,26,29)/t20-,23+/m1/s1. The maximum atomic E-state index is 12.5. The largest absolute Gasteiger partial charge is 0.388 e. The monoisotopic (exact) mass is 392 g/mol. The van der Waals surface area contributed by atoms with Crippen LogP contribution in [0.15, 0.2) is 36.4 Å². The number of β-amino-alcohol motifs (C(OH)–C–C–N with tert-alkyl or cyclic N) is 1. The third kappa shape index (κ3) is 4.10. The van der Waals surface area contributed by atoms with E-state index in [9.17, 15) is 15.2 Å². The summed E-state index contributed by atoms with van der Waals surface area (Å²) < 4.78 is 0. The van der Waals surface area contributed by atoms with Crippen LogP contribution in [-0.2, 0) is 10.3 Å². The summed E-state index contributed by atoms with van der Waals surface area (Å²) >= 11 is 0. The highest BCUT2D eigenvalue weighted by Crippen LogP contribution is 2.36. The third-order valence-corrected chi connectivity index (χ3v) is 5.60. The first-order chi connectivity index (χ1) is 13.9. The molecule has 1 fully saturated rings. The number of hydrogen-bond donors (Lipinski definition) is 2. The Labute approximate surface area is 172 Å². The summed E-state index contributed by atoms with van der Waals surface area (Å²) in [5, 5.41) is 24.0. The Balaban J connectivity index is 1.95. The number of carbonyl (C=O) groups excluding carboxylic acids is 1. The molecule has 1 saturated heterocycles. The van der Waals surface area contributed by atoms with Gasteiger partial charge in [-0.2, -0.15) is 5.26 Å². The lowest BCUT2D eigenvalue weighted by atomic mass is 9.78. The average molecular weight is 393 g/mol. The highest BCUT2D eigenvalue weighted by atomic mass is 16.3. The summed E-state index contributed by atoms with van der Waals surface area (Å²) in [5.41, 5.74) is 2.29. The van der Waals surface area contributed by atoms with Crippen LogP contribution in [0, 0.1) is 25.2 Å². The highest BCUT2D eigenvalue weighted by molar-refractivity contribution is 5.77. The fourth-order valence-electron chi connectivity index (χ4n) is 4.14. The first kappa shape index (κ1) is 20.8. The molecule has 29 heavy (non-hydrogen) atoms. The number of nitrogens with zero attached hydrogens (tertiary/aromatic N) is 3. The molecule has 3 rings (SSSR count). The van der Waals surface area contributed by atoms with Gasteiger partial charge < -0.3 is 15.3 Å². The minimum absolute atomic E-state index is 0.0638. The summed E-state index contributed by atoms with van der Waals surface area (Å²) in [6.07, 6.45) is 0.848. The van der Waals surface area contributed by atoms with Crippen molar-refractivity contribution in [2.45, 2.75) is 51.7 Å². The van der Waals surface area contributed by atoms with Gasteiger partial charge in [-0.05, 0) is 43.9 Å². The van der Waals surface area contributed by atoms with Gasteiger partial charge in [0.15, 0.2) is 0 Å². The van der Waals surface area contributed by atoms with E-state index in [0.717, 1.165) is 23.2 Å². The van der Waals surface area contributed by atoms with Crippen molar-refractivity contribution in [3.05, 3.63) is 58.8 Å². The van der Waals surface area contributed by atoms with Gasteiger partial charge in [0, 0.05) is 25.2 Å². The van der Waals surface area contributed by atoms with E-state index in [-0.39, 0.29) is 12.5 Å². The number of piperidine rings is 1. The number of hydrogen-bond acceptors (Lipinski definition) is 5.